The molecule has 0 spiro atoms. The normalized spacial score (nSPS) is 20.8. The first-order valence-corrected chi connectivity index (χ1v) is 6.73. The van der Waals surface area contributed by atoms with Crippen molar-refractivity contribution in [1.29, 1.82) is 5.26 Å². The van der Waals surface area contributed by atoms with E-state index in [1.165, 1.54) is 0 Å². The number of nitrogens with one attached hydrogen (secondary N) is 1. The van der Waals surface area contributed by atoms with Gasteiger partial charge in [0.25, 0.3) is 0 Å². The molecule has 0 aliphatic carbocycles. The summed E-state index contributed by atoms with van der Waals surface area (Å²) in [6, 6.07) is 17.6. The fourth-order valence-corrected chi connectivity index (χ4v) is 2.65. The van der Waals surface area contributed by atoms with E-state index in [-0.39, 0.29) is 0 Å². The molecule has 4 heteroatoms. The lowest BCUT2D eigenvalue weighted by Crippen LogP contribution is -2.42. The monoisotopic (exact) mass is 284 g/mol. The van der Waals surface area contributed by atoms with Gasteiger partial charge in [-0.25, -0.2) is 0 Å². The van der Waals surface area contributed by atoms with Gasteiger partial charge in [0.05, 0.1) is 30.0 Å². The van der Waals surface area contributed by atoms with E-state index in [1.54, 1.807) is 6.07 Å². The van der Waals surface area contributed by atoms with E-state index in [2.05, 4.69) is 11.4 Å². The highest BCUT2D eigenvalue weighted by molar-refractivity contribution is 6.33. The van der Waals surface area contributed by atoms with Crippen molar-refractivity contribution in [2.75, 3.05) is 11.9 Å². The lowest BCUT2D eigenvalue weighted by molar-refractivity contribution is 0.0786. The van der Waals surface area contributed by atoms with Gasteiger partial charge in [-0.05, 0) is 23.3 Å². The predicted molar refractivity (Wildman–Crippen MR) is 78.5 cm³/mol. The predicted octanol–water partition coefficient (Wildman–Crippen LogP) is 3.70. The third kappa shape index (κ3) is 2.14. The summed E-state index contributed by atoms with van der Waals surface area (Å²) in [6.07, 6.45) is 0. The lowest BCUT2D eigenvalue weighted by atomic mass is 9.86. The minimum atomic E-state index is -0.903. The summed E-state index contributed by atoms with van der Waals surface area (Å²) in [5.41, 5.74) is 1.81. The number of para-hydroxylation sites is 1. The van der Waals surface area contributed by atoms with Gasteiger partial charge in [-0.1, -0.05) is 48.0 Å². The van der Waals surface area contributed by atoms with Crippen molar-refractivity contribution in [2.24, 2.45) is 0 Å². The van der Waals surface area contributed by atoms with Crippen LogP contribution in [-0.4, -0.2) is 6.61 Å². The summed E-state index contributed by atoms with van der Waals surface area (Å²) in [7, 11) is 0. The van der Waals surface area contributed by atoms with Crippen LogP contribution in [0, 0.1) is 11.3 Å². The molecular weight excluding hydrogens is 272 g/mol. The molecule has 0 saturated heterocycles. The van der Waals surface area contributed by atoms with Gasteiger partial charge in [0.2, 0.25) is 0 Å². The van der Waals surface area contributed by atoms with Gasteiger partial charge in [0, 0.05) is 0 Å². The molecule has 3 rings (SSSR count). The number of nitriles is 1. The second-order valence-corrected chi connectivity index (χ2v) is 5.18. The highest BCUT2D eigenvalue weighted by atomic mass is 35.5. The Kier molecular flexibility index (Phi) is 3.35. The number of hydrogen-bond acceptors (Lipinski definition) is 3. The molecule has 0 bridgehead atoms. The van der Waals surface area contributed by atoms with Gasteiger partial charge in [-0.15, -0.1) is 0 Å². The van der Waals surface area contributed by atoms with Gasteiger partial charge in [-0.3, -0.25) is 0 Å². The first-order chi connectivity index (χ1) is 9.75. The number of nitrogens with zero attached hydrogens (tertiary/aromatic N) is 1. The molecule has 1 heterocycles. The van der Waals surface area contributed by atoms with Gasteiger partial charge in [-0.2, -0.15) is 5.26 Å². The molecule has 0 saturated carbocycles. The van der Waals surface area contributed by atoms with E-state index in [4.69, 9.17) is 16.3 Å². The molecule has 1 N–H and O–H groups in total. The highest BCUT2D eigenvalue weighted by Gasteiger charge is 2.38. The van der Waals surface area contributed by atoms with E-state index >= 15 is 0 Å². The van der Waals surface area contributed by atoms with Gasteiger partial charge < -0.3 is 10.1 Å². The molecule has 1 aliphatic heterocycles. The van der Waals surface area contributed by atoms with Crippen LogP contribution in [0.4, 0.5) is 5.69 Å². The second kappa shape index (κ2) is 5.16. The minimum Gasteiger partial charge on any atom is -0.373 e. The first-order valence-electron chi connectivity index (χ1n) is 6.35. The van der Waals surface area contributed by atoms with Crippen LogP contribution in [0.15, 0.2) is 48.5 Å². The highest BCUT2D eigenvalue weighted by Crippen LogP contribution is 2.35. The molecule has 0 amide bonds. The molecule has 3 nitrogen and oxygen atoms in total. The average Bonchev–Trinajstić information content (AvgIpc) is 2.50. The maximum absolute atomic E-state index is 9.70. The summed E-state index contributed by atoms with van der Waals surface area (Å²) in [5, 5.41) is 13.5. The maximum atomic E-state index is 9.70. The lowest BCUT2D eigenvalue weighted by Gasteiger charge is -2.34. The fraction of sp³-hybridized carbons (Fsp3) is 0.188. The zero-order chi connectivity index (χ0) is 14.0. The van der Waals surface area contributed by atoms with Gasteiger partial charge in [0.1, 0.15) is 0 Å². The van der Waals surface area contributed by atoms with E-state index < -0.39 is 5.54 Å². The zero-order valence-electron chi connectivity index (χ0n) is 10.8. The van der Waals surface area contributed by atoms with Crippen LogP contribution in [0.3, 0.4) is 0 Å². The summed E-state index contributed by atoms with van der Waals surface area (Å²) in [5.74, 6) is 0. The van der Waals surface area contributed by atoms with Gasteiger partial charge >= 0.3 is 0 Å². The van der Waals surface area contributed by atoms with Crippen LogP contribution in [0.5, 0.6) is 0 Å². The Balaban J connectivity index is 2.06. The maximum Gasteiger partial charge on any atom is 0.175 e. The standard InChI is InChI=1S/C16H13ClN2O/c17-14-7-3-4-8-15(14)19-16(10-18)11-20-9-12-5-1-2-6-13(12)16/h1-8,19H,9,11H2. The van der Waals surface area contributed by atoms with Crippen LogP contribution in [0.25, 0.3) is 0 Å². The number of benzene rings is 2. The van der Waals surface area contributed by atoms with E-state index in [9.17, 15) is 5.26 Å². The number of rotatable bonds is 2. The summed E-state index contributed by atoms with van der Waals surface area (Å²) >= 11 is 6.18. The number of hydrogen-bond donors (Lipinski definition) is 1. The molecule has 20 heavy (non-hydrogen) atoms. The van der Waals surface area contributed by atoms with Crippen LogP contribution in [-0.2, 0) is 16.9 Å². The third-order valence-corrected chi connectivity index (χ3v) is 3.80. The van der Waals surface area contributed by atoms with E-state index in [0.29, 0.717) is 18.2 Å². The Hall–Kier alpha value is -2.02. The minimum absolute atomic E-state index is 0.297. The Bertz CT molecular complexity index is 680. The van der Waals surface area contributed by atoms with E-state index in [1.807, 2.05) is 42.5 Å². The largest absolute Gasteiger partial charge is 0.373 e. The van der Waals surface area contributed by atoms with Crippen molar-refractivity contribution < 1.29 is 4.74 Å². The fourth-order valence-electron chi connectivity index (χ4n) is 2.47. The Morgan fingerprint density at radius 2 is 1.90 bits per heavy atom. The van der Waals surface area contributed by atoms with Crippen molar-refractivity contribution in [3.63, 3.8) is 0 Å². The molecule has 0 fully saturated rings. The van der Waals surface area contributed by atoms with E-state index in [0.717, 1.165) is 16.8 Å². The summed E-state index contributed by atoms with van der Waals surface area (Å²) in [6.45, 7) is 0.829. The Morgan fingerprint density at radius 3 is 2.70 bits per heavy atom. The molecule has 0 aromatic heterocycles. The van der Waals surface area contributed by atoms with Crippen LogP contribution < -0.4 is 5.32 Å². The van der Waals surface area contributed by atoms with Gasteiger partial charge in [0.15, 0.2) is 5.54 Å². The van der Waals surface area contributed by atoms with Crippen LogP contribution >= 0.6 is 11.6 Å². The first kappa shape index (κ1) is 13.0. The SMILES string of the molecule is N#CC1(Nc2ccccc2Cl)COCc2ccccc21. The molecule has 2 aromatic rings. The molecule has 1 aliphatic rings. The molecular formula is C16H13ClN2O. The Labute approximate surface area is 122 Å². The molecule has 1 unspecified atom stereocenters. The number of fused-ring (bicyclic) bond motifs is 1. The molecule has 100 valence electrons. The summed E-state index contributed by atoms with van der Waals surface area (Å²) in [4.78, 5) is 0. The second-order valence-electron chi connectivity index (χ2n) is 4.77. The topological polar surface area (TPSA) is 45.0 Å². The third-order valence-electron chi connectivity index (χ3n) is 3.47. The van der Waals surface area contributed by atoms with Crippen molar-refractivity contribution in [2.45, 2.75) is 12.1 Å². The molecule has 2 aromatic carbocycles. The average molecular weight is 285 g/mol. The quantitative estimate of drug-likeness (QED) is 0.914. The Morgan fingerprint density at radius 1 is 1.15 bits per heavy atom. The van der Waals surface area contributed by atoms with Crippen molar-refractivity contribution >= 4 is 17.3 Å². The number of halogens is 1. The number of ether oxygens (including phenoxy) is 1. The van der Waals surface area contributed by atoms with Crippen molar-refractivity contribution in [3.8, 4) is 6.07 Å². The summed E-state index contributed by atoms with van der Waals surface area (Å²) < 4.78 is 5.59. The smallest absolute Gasteiger partial charge is 0.175 e. The van der Waals surface area contributed by atoms with Crippen molar-refractivity contribution in [1.82, 2.24) is 0 Å². The van der Waals surface area contributed by atoms with Crippen LogP contribution in [0.1, 0.15) is 11.1 Å². The van der Waals surface area contributed by atoms with Crippen LogP contribution in [0.2, 0.25) is 5.02 Å². The molecule has 1 atom stereocenters. The number of anilines is 1. The zero-order valence-corrected chi connectivity index (χ0v) is 11.5. The van der Waals surface area contributed by atoms with Crippen molar-refractivity contribution in [3.05, 3.63) is 64.7 Å². The molecule has 0 radical (unpaired) electrons.